The van der Waals surface area contributed by atoms with Crippen LogP contribution in [0.3, 0.4) is 0 Å². The molecule has 0 heterocycles. The molecule has 1 aromatic carbocycles. The van der Waals surface area contributed by atoms with E-state index in [0.717, 1.165) is 24.8 Å². The Balaban J connectivity index is 0.000000713. The van der Waals surface area contributed by atoms with Crippen molar-refractivity contribution in [2.24, 2.45) is 0 Å². The molecule has 1 aliphatic carbocycles. The normalized spacial score (nSPS) is 16.4. The highest BCUT2D eigenvalue weighted by molar-refractivity contribution is 5.50. The number of phenols is 2. The lowest BCUT2D eigenvalue weighted by atomic mass is 9.85. The molecule has 21 heavy (non-hydrogen) atoms. The largest absolute Gasteiger partial charge is 0.507 e. The predicted octanol–water partition coefficient (Wildman–Crippen LogP) is 5.29. The second-order valence-corrected chi connectivity index (χ2v) is 5.02. The summed E-state index contributed by atoms with van der Waals surface area (Å²) in [5, 5.41) is 19.8. The Kier molecular flexibility index (Phi) is 9.05. The molecular weight excluding hydrogens is 260 g/mol. The van der Waals surface area contributed by atoms with Crippen molar-refractivity contribution in [3.63, 3.8) is 0 Å². The Hall–Kier alpha value is -1.88. The van der Waals surface area contributed by atoms with Crippen LogP contribution in [0.4, 0.5) is 0 Å². The summed E-state index contributed by atoms with van der Waals surface area (Å²) in [5.41, 5.74) is 2.91. The van der Waals surface area contributed by atoms with Crippen molar-refractivity contribution in [1.82, 2.24) is 0 Å². The van der Waals surface area contributed by atoms with Crippen LogP contribution < -0.4 is 0 Å². The SMILES string of the molecule is C#CC.CC.CC1=C[C@@H](c2c(O)cc(C)cc2O)CCC1. The fraction of sp³-hybridized carbons (Fsp3) is 0.474. The molecular formula is C19H28O2. The maximum absolute atomic E-state index is 9.92. The summed E-state index contributed by atoms with van der Waals surface area (Å²) in [4.78, 5) is 0. The van der Waals surface area contributed by atoms with Gasteiger partial charge in [-0.2, -0.15) is 0 Å². The zero-order valence-electron chi connectivity index (χ0n) is 13.9. The first-order valence-corrected chi connectivity index (χ1v) is 7.56. The van der Waals surface area contributed by atoms with Crippen LogP contribution in [0, 0.1) is 19.3 Å². The first-order valence-electron chi connectivity index (χ1n) is 7.56. The summed E-state index contributed by atoms with van der Waals surface area (Å²) in [5.74, 6) is 2.84. The summed E-state index contributed by atoms with van der Waals surface area (Å²) in [6.45, 7) is 9.62. The number of benzene rings is 1. The van der Waals surface area contributed by atoms with E-state index in [0.29, 0.717) is 5.56 Å². The molecule has 0 fully saturated rings. The minimum atomic E-state index is 0.161. The van der Waals surface area contributed by atoms with E-state index in [1.54, 1.807) is 19.1 Å². The van der Waals surface area contributed by atoms with Crippen LogP contribution in [0.5, 0.6) is 11.5 Å². The minimum Gasteiger partial charge on any atom is -0.507 e. The Morgan fingerprint density at radius 3 is 2.05 bits per heavy atom. The molecule has 0 amide bonds. The lowest BCUT2D eigenvalue weighted by Gasteiger charge is -2.21. The van der Waals surface area contributed by atoms with Crippen LogP contribution in [-0.2, 0) is 0 Å². The summed E-state index contributed by atoms with van der Waals surface area (Å²) in [6.07, 6.45) is 10.0. The van der Waals surface area contributed by atoms with Crippen molar-refractivity contribution >= 4 is 0 Å². The number of hydrogen-bond donors (Lipinski definition) is 2. The fourth-order valence-electron chi connectivity index (χ4n) is 2.48. The summed E-state index contributed by atoms with van der Waals surface area (Å²) >= 11 is 0. The second kappa shape index (κ2) is 9.94. The van der Waals surface area contributed by atoms with Gasteiger partial charge in [-0.3, -0.25) is 0 Å². The van der Waals surface area contributed by atoms with Crippen LogP contribution >= 0.6 is 0 Å². The molecule has 1 aromatic rings. The van der Waals surface area contributed by atoms with Gasteiger partial charge >= 0.3 is 0 Å². The van der Waals surface area contributed by atoms with Crippen molar-refractivity contribution in [2.75, 3.05) is 0 Å². The van der Waals surface area contributed by atoms with Crippen molar-refractivity contribution < 1.29 is 10.2 Å². The summed E-state index contributed by atoms with van der Waals surface area (Å²) < 4.78 is 0. The Morgan fingerprint density at radius 2 is 1.62 bits per heavy atom. The molecule has 0 unspecified atom stereocenters. The van der Waals surface area contributed by atoms with Gasteiger partial charge in [-0.15, -0.1) is 12.3 Å². The Morgan fingerprint density at radius 1 is 1.14 bits per heavy atom. The molecule has 2 heteroatoms. The van der Waals surface area contributed by atoms with Crippen molar-refractivity contribution in [3.8, 4) is 23.8 Å². The second-order valence-electron chi connectivity index (χ2n) is 5.02. The van der Waals surface area contributed by atoms with Gasteiger partial charge in [0.1, 0.15) is 11.5 Å². The third-order valence-electron chi connectivity index (χ3n) is 3.22. The zero-order valence-corrected chi connectivity index (χ0v) is 13.9. The van der Waals surface area contributed by atoms with E-state index in [2.05, 4.69) is 25.3 Å². The molecule has 0 aromatic heterocycles. The van der Waals surface area contributed by atoms with Gasteiger partial charge in [0.05, 0.1) is 0 Å². The molecule has 0 bridgehead atoms. The number of aromatic hydroxyl groups is 2. The number of phenolic OH excluding ortho intramolecular Hbond substituents is 2. The fourth-order valence-corrected chi connectivity index (χ4v) is 2.48. The van der Waals surface area contributed by atoms with Gasteiger partial charge in [0.25, 0.3) is 0 Å². The lowest BCUT2D eigenvalue weighted by Crippen LogP contribution is -2.03. The van der Waals surface area contributed by atoms with E-state index >= 15 is 0 Å². The average Bonchev–Trinajstić information content (AvgIpc) is 2.41. The molecule has 116 valence electrons. The highest BCUT2D eigenvalue weighted by Gasteiger charge is 2.20. The third-order valence-corrected chi connectivity index (χ3v) is 3.22. The van der Waals surface area contributed by atoms with Crippen molar-refractivity contribution in [2.45, 2.75) is 59.8 Å². The maximum Gasteiger partial charge on any atom is 0.123 e. The average molecular weight is 288 g/mol. The molecule has 0 aliphatic heterocycles. The molecule has 0 saturated heterocycles. The molecule has 1 atom stereocenters. The summed E-state index contributed by atoms with van der Waals surface area (Å²) in [7, 11) is 0. The van der Waals surface area contributed by atoms with E-state index in [4.69, 9.17) is 0 Å². The first kappa shape index (κ1) is 19.1. The van der Waals surface area contributed by atoms with Gasteiger partial charge in [0.15, 0.2) is 0 Å². The number of aryl methyl sites for hydroxylation is 1. The standard InChI is InChI=1S/C14H18O2.C3H4.C2H6/c1-9-4-3-5-11(6-9)14-12(15)7-10(2)8-13(14)16;1-3-2;1-2/h6-8,11,15-16H,3-5H2,1-2H3;1H,2H3;1-2H3/t11-;;/m0../s1. The smallest absolute Gasteiger partial charge is 0.123 e. The van der Waals surface area contributed by atoms with Gasteiger partial charge < -0.3 is 10.2 Å². The van der Waals surface area contributed by atoms with Gasteiger partial charge in [-0.25, -0.2) is 0 Å². The van der Waals surface area contributed by atoms with Gasteiger partial charge in [-0.05, 0) is 57.7 Å². The number of hydrogen-bond acceptors (Lipinski definition) is 2. The Labute approximate surface area is 129 Å². The highest BCUT2D eigenvalue weighted by Crippen LogP contribution is 2.41. The van der Waals surface area contributed by atoms with Crippen LogP contribution in [0.2, 0.25) is 0 Å². The van der Waals surface area contributed by atoms with E-state index < -0.39 is 0 Å². The van der Waals surface area contributed by atoms with E-state index in [-0.39, 0.29) is 17.4 Å². The minimum absolute atomic E-state index is 0.161. The molecule has 2 rings (SSSR count). The Bertz CT molecular complexity index is 484. The molecule has 0 spiro atoms. The van der Waals surface area contributed by atoms with E-state index in [1.165, 1.54) is 5.57 Å². The van der Waals surface area contributed by atoms with Crippen molar-refractivity contribution in [1.29, 1.82) is 0 Å². The molecule has 0 radical (unpaired) electrons. The van der Waals surface area contributed by atoms with Gasteiger partial charge in [0.2, 0.25) is 0 Å². The van der Waals surface area contributed by atoms with E-state index in [9.17, 15) is 10.2 Å². The maximum atomic E-state index is 9.92. The quantitative estimate of drug-likeness (QED) is 0.545. The van der Waals surface area contributed by atoms with E-state index in [1.807, 2.05) is 20.8 Å². The topological polar surface area (TPSA) is 40.5 Å². The number of terminal acetylenes is 1. The van der Waals surface area contributed by atoms with Crippen LogP contribution in [0.15, 0.2) is 23.8 Å². The molecule has 2 nitrogen and oxygen atoms in total. The monoisotopic (exact) mass is 288 g/mol. The molecule has 1 aliphatic rings. The summed E-state index contributed by atoms with van der Waals surface area (Å²) in [6, 6.07) is 3.43. The first-order chi connectivity index (χ1) is 9.99. The van der Waals surface area contributed by atoms with Crippen LogP contribution in [-0.4, -0.2) is 10.2 Å². The van der Waals surface area contributed by atoms with Gasteiger partial charge in [-0.1, -0.05) is 25.5 Å². The number of rotatable bonds is 1. The van der Waals surface area contributed by atoms with Crippen LogP contribution in [0.25, 0.3) is 0 Å². The highest BCUT2D eigenvalue weighted by atomic mass is 16.3. The van der Waals surface area contributed by atoms with Crippen LogP contribution in [0.1, 0.15) is 64.0 Å². The zero-order chi connectivity index (χ0) is 16.4. The van der Waals surface area contributed by atoms with Crippen molar-refractivity contribution in [3.05, 3.63) is 34.9 Å². The molecule has 2 N–H and O–H groups in total. The predicted molar refractivity (Wildman–Crippen MR) is 90.7 cm³/mol. The molecule has 0 saturated carbocycles. The van der Waals surface area contributed by atoms with Gasteiger partial charge in [0, 0.05) is 11.5 Å². The third kappa shape index (κ3) is 5.95. The lowest BCUT2D eigenvalue weighted by molar-refractivity contribution is 0.428. The number of allylic oxidation sites excluding steroid dienone is 2.